The number of hydrogen-bond acceptors (Lipinski definition) is 5. The van der Waals surface area contributed by atoms with Gasteiger partial charge in [-0.1, -0.05) is 32.9 Å². The Bertz CT molecular complexity index is 1220. The third kappa shape index (κ3) is 4.03. The number of para-hydroxylation sites is 2. The molecule has 2 N–H and O–H groups in total. The predicted molar refractivity (Wildman–Crippen MR) is 117 cm³/mol. The first-order valence-electron chi connectivity index (χ1n) is 10.1. The van der Waals surface area contributed by atoms with Crippen LogP contribution in [0, 0.1) is 0 Å². The molecule has 0 radical (unpaired) electrons. The minimum Gasteiger partial charge on any atom is -0.484 e. The molecule has 0 unspecified atom stereocenters. The van der Waals surface area contributed by atoms with Gasteiger partial charge in [-0.05, 0) is 36.4 Å². The molecule has 0 spiro atoms. The van der Waals surface area contributed by atoms with Gasteiger partial charge in [-0.15, -0.1) is 0 Å². The number of primary amides is 1. The lowest BCUT2D eigenvalue weighted by Gasteiger charge is -2.40. The predicted octanol–water partition coefficient (Wildman–Crippen LogP) is 2.44. The molecule has 1 aliphatic heterocycles. The zero-order valence-electron chi connectivity index (χ0n) is 17.8. The van der Waals surface area contributed by atoms with Crippen molar-refractivity contribution in [1.29, 1.82) is 0 Å². The molecular weight excluding hydrogens is 416 g/mol. The molecule has 0 saturated carbocycles. The maximum atomic E-state index is 13.0. The van der Waals surface area contributed by atoms with Gasteiger partial charge in [0.15, 0.2) is 6.61 Å². The highest BCUT2D eigenvalue weighted by Gasteiger charge is 2.40. The highest BCUT2D eigenvalue weighted by molar-refractivity contribution is 7.89. The van der Waals surface area contributed by atoms with Crippen LogP contribution in [0.3, 0.4) is 0 Å². The van der Waals surface area contributed by atoms with Crippen LogP contribution < -0.4 is 10.5 Å². The number of amides is 1. The van der Waals surface area contributed by atoms with E-state index < -0.39 is 15.9 Å². The van der Waals surface area contributed by atoms with Crippen molar-refractivity contribution in [2.75, 3.05) is 19.7 Å². The number of fused-ring (bicyclic) bond motifs is 1. The molecule has 0 bridgehead atoms. The van der Waals surface area contributed by atoms with Gasteiger partial charge >= 0.3 is 0 Å². The Kier molecular flexibility index (Phi) is 5.26. The number of rotatable bonds is 6. The standard InChI is InChI=1S/C22H26N4O4S/c1-22(2,3)21-24-18-6-4-5-7-19(18)26(21)15-12-25(13-15)31(28,29)17-10-8-16(9-11-17)30-14-20(23)27/h4-11,15H,12-14H2,1-3H3,(H2,23,27). The number of hydrogen-bond donors (Lipinski definition) is 1. The monoisotopic (exact) mass is 442 g/mol. The molecule has 2 heterocycles. The van der Waals surface area contributed by atoms with Gasteiger partial charge in [0.1, 0.15) is 11.6 Å². The van der Waals surface area contributed by atoms with E-state index in [0.29, 0.717) is 18.8 Å². The summed E-state index contributed by atoms with van der Waals surface area (Å²) < 4.78 is 34.9. The molecular formula is C22H26N4O4S. The summed E-state index contributed by atoms with van der Waals surface area (Å²) in [6.45, 7) is 6.84. The molecule has 1 fully saturated rings. The van der Waals surface area contributed by atoms with E-state index in [1.165, 1.54) is 28.6 Å². The van der Waals surface area contributed by atoms with Crippen LogP contribution in [0.15, 0.2) is 53.4 Å². The van der Waals surface area contributed by atoms with Gasteiger partial charge in [-0.3, -0.25) is 4.79 Å². The van der Waals surface area contributed by atoms with Crippen LogP contribution in [0.4, 0.5) is 0 Å². The van der Waals surface area contributed by atoms with Crippen LogP contribution in [0.1, 0.15) is 32.6 Å². The van der Waals surface area contributed by atoms with Gasteiger partial charge in [-0.2, -0.15) is 4.31 Å². The molecule has 164 valence electrons. The third-order valence-corrected chi connectivity index (χ3v) is 7.15. The van der Waals surface area contributed by atoms with Crippen molar-refractivity contribution in [3.05, 3.63) is 54.4 Å². The first kappa shape index (κ1) is 21.3. The first-order chi connectivity index (χ1) is 14.6. The molecule has 4 rings (SSSR count). The fourth-order valence-corrected chi connectivity index (χ4v) is 5.25. The molecule has 1 amide bonds. The van der Waals surface area contributed by atoms with Gasteiger partial charge in [0.2, 0.25) is 10.0 Å². The van der Waals surface area contributed by atoms with Gasteiger partial charge in [-0.25, -0.2) is 13.4 Å². The number of aromatic nitrogens is 2. The Balaban J connectivity index is 1.54. The third-order valence-electron chi connectivity index (χ3n) is 5.30. The lowest BCUT2D eigenvalue weighted by molar-refractivity contribution is -0.119. The van der Waals surface area contributed by atoms with E-state index in [2.05, 4.69) is 25.3 Å². The highest BCUT2D eigenvalue weighted by atomic mass is 32.2. The number of carbonyl (C=O) groups excluding carboxylic acids is 1. The molecule has 0 atom stereocenters. The summed E-state index contributed by atoms with van der Waals surface area (Å²) in [4.78, 5) is 15.8. The fourth-order valence-electron chi connectivity index (χ4n) is 3.73. The van der Waals surface area contributed by atoms with Crippen LogP contribution in [0.2, 0.25) is 0 Å². The maximum Gasteiger partial charge on any atom is 0.255 e. The summed E-state index contributed by atoms with van der Waals surface area (Å²) in [5.74, 6) is 0.746. The van der Waals surface area contributed by atoms with Crippen molar-refractivity contribution in [3.8, 4) is 5.75 Å². The summed E-state index contributed by atoms with van der Waals surface area (Å²) in [6.07, 6.45) is 0. The van der Waals surface area contributed by atoms with Crippen molar-refractivity contribution in [3.63, 3.8) is 0 Å². The number of sulfonamides is 1. The van der Waals surface area contributed by atoms with Crippen LogP contribution >= 0.6 is 0 Å². The van der Waals surface area contributed by atoms with E-state index in [9.17, 15) is 13.2 Å². The smallest absolute Gasteiger partial charge is 0.255 e. The quantitative estimate of drug-likeness (QED) is 0.631. The first-order valence-corrected chi connectivity index (χ1v) is 11.5. The second kappa shape index (κ2) is 7.65. The van der Waals surface area contributed by atoms with Crippen molar-refractivity contribution in [2.45, 2.75) is 37.1 Å². The Morgan fingerprint density at radius 2 is 1.77 bits per heavy atom. The molecule has 3 aromatic rings. The van der Waals surface area contributed by atoms with Gasteiger partial charge in [0.05, 0.1) is 22.0 Å². The molecule has 0 aliphatic carbocycles. The largest absolute Gasteiger partial charge is 0.484 e. The zero-order valence-corrected chi connectivity index (χ0v) is 18.6. The molecule has 8 nitrogen and oxygen atoms in total. The Morgan fingerprint density at radius 1 is 1.13 bits per heavy atom. The Hall–Kier alpha value is -2.91. The van der Waals surface area contributed by atoms with Gasteiger partial charge < -0.3 is 15.0 Å². The summed E-state index contributed by atoms with van der Waals surface area (Å²) in [6, 6.07) is 14.0. The molecule has 1 saturated heterocycles. The topological polar surface area (TPSA) is 108 Å². The minimum absolute atomic E-state index is 0.0228. The molecule has 1 aromatic heterocycles. The van der Waals surface area contributed by atoms with Crippen molar-refractivity contribution in [2.24, 2.45) is 5.73 Å². The average molecular weight is 443 g/mol. The summed E-state index contributed by atoms with van der Waals surface area (Å²) in [7, 11) is -3.62. The molecule has 1 aliphatic rings. The summed E-state index contributed by atoms with van der Waals surface area (Å²) in [5, 5.41) is 0. The van der Waals surface area contributed by atoms with E-state index in [1.54, 1.807) is 0 Å². The number of nitrogens with zero attached hydrogens (tertiary/aromatic N) is 3. The van der Waals surface area contributed by atoms with Crippen LogP contribution in [-0.4, -0.2) is 47.9 Å². The molecule has 31 heavy (non-hydrogen) atoms. The normalized spacial score (nSPS) is 15.7. The van der Waals surface area contributed by atoms with Gasteiger partial charge in [0.25, 0.3) is 5.91 Å². The van der Waals surface area contributed by atoms with E-state index >= 15 is 0 Å². The van der Waals surface area contributed by atoms with Crippen molar-refractivity contribution < 1.29 is 17.9 Å². The average Bonchev–Trinajstić information content (AvgIpc) is 3.05. The van der Waals surface area contributed by atoms with Gasteiger partial charge in [0, 0.05) is 18.5 Å². The molecule has 2 aromatic carbocycles. The summed E-state index contributed by atoms with van der Waals surface area (Å²) >= 11 is 0. The van der Waals surface area contributed by atoms with E-state index in [-0.39, 0.29) is 23.0 Å². The van der Waals surface area contributed by atoms with E-state index in [4.69, 9.17) is 15.5 Å². The van der Waals surface area contributed by atoms with E-state index in [0.717, 1.165) is 16.9 Å². The number of carbonyl (C=O) groups is 1. The SMILES string of the molecule is CC(C)(C)c1nc2ccccc2n1C1CN(S(=O)(=O)c2ccc(OCC(N)=O)cc2)C1. The number of nitrogens with two attached hydrogens (primary N) is 1. The fraction of sp³-hybridized carbons (Fsp3) is 0.364. The lowest BCUT2D eigenvalue weighted by Crippen LogP contribution is -2.51. The van der Waals surface area contributed by atoms with Crippen LogP contribution in [-0.2, 0) is 20.2 Å². The van der Waals surface area contributed by atoms with Crippen molar-refractivity contribution >= 4 is 27.0 Å². The molecule has 9 heteroatoms. The van der Waals surface area contributed by atoms with Crippen molar-refractivity contribution in [1.82, 2.24) is 13.9 Å². The minimum atomic E-state index is -3.62. The summed E-state index contributed by atoms with van der Waals surface area (Å²) in [5.41, 5.74) is 6.83. The zero-order chi connectivity index (χ0) is 22.4. The van der Waals surface area contributed by atoms with E-state index in [1.807, 2.05) is 24.3 Å². The highest BCUT2D eigenvalue weighted by Crippen LogP contribution is 2.35. The number of imidazole rings is 1. The number of benzene rings is 2. The second-order valence-electron chi connectivity index (χ2n) is 8.75. The Morgan fingerprint density at radius 3 is 2.39 bits per heavy atom. The lowest BCUT2D eigenvalue weighted by atomic mass is 9.95. The van der Waals surface area contributed by atoms with Crippen LogP contribution in [0.25, 0.3) is 11.0 Å². The Labute approximate surface area is 181 Å². The van der Waals surface area contributed by atoms with Crippen LogP contribution in [0.5, 0.6) is 5.75 Å². The maximum absolute atomic E-state index is 13.0. The second-order valence-corrected chi connectivity index (χ2v) is 10.7. The number of ether oxygens (including phenoxy) is 1.